The van der Waals surface area contributed by atoms with Crippen molar-refractivity contribution in [3.63, 3.8) is 0 Å². The SMILES string of the molecule is CC.CC.CC.CC.Cc1cnccc1-c1n(C)nc(C)[n+]1C.Cc1cncnc1-c1n(C)nc(C)[n+]1C.Cc1ncccc1-c1n(C)nc(C)[n+]1C.Cc1ncncc1-c1n(C)nc(C)[n+]1C. The minimum atomic E-state index is 0.926. The van der Waals surface area contributed by atoms with Crippen molar-refractivity contribution in [2.24, 2.45) is 56.4 Å². The van der Waals surface area contributed by atoms with Gasteiger partial charge < -0.3 is 0 Å². The average Bonchev–Trinajstić information content (AvgIpc) is 3.95. The van der Waals surface area contributed by atoms with Crippen molar-refractivity contribution < 1.29 is 18.3 Å². The van der Waals surface area contributed by atoms with E-state index in [2.05, 4.69) is 72.4 Å². The Bertz CT molecular complexity index is 2380. The van der Waals surface area contributed by atoms with Crippen LogP contribution in [0.15, 0.2) is 61.8 Å². The molecule has 8 aromatic heterocycles. The van der Waals surface area contributed by atoms with Crippen molar-refractivity contribution in [1.29, 1.82) is 0 Å². The lowest BCUT2D eigenvalue weighted by atomic mass is 10.1. The largest absolute Gasteiger partial charge is 0.286 e. The summed E-state index contributed by atoms with van der Waals surface area (Å²) in [6.45, 7) is 32.0. The molecule has 0 aliphatic heterocycles. The number of aromatic nitrogens is 18. The topological polar surface area (TPSA) is 164 Å². The summed E-state index contributed by atoms with van der Waals surface area (Å²) in [7, 11) is 15.8. The van der Waals surface area contributed by atoms with Gasteiger partial charge in [0.25, 0.3) is 46.6 Å². The molecule has 0 N–H and O–H groups in total. The van der Waals surface area contributed by atoms with Gasteiger partial charge in [-0.15, -0.1) is 18.7 Å². The van der Waals surface area contributed by atoms with Crippen LogP contribution in [-0.2, 0) is 56.4 Å². The predicted molar refractivity (Wildman–Crippen MR) is 269 cm³/mol. The van der Waals surface area contributed by atoms with Crippen LogP contribution in [0.4, 0.5) is 0 Å². The molecule has 0 atom stereocenters. The minimum Gasteiger partial charge on any atom is -0.264 e. The Balaban J connectivity index is 0.000000431. The summed E-state index contributed by atoms with van der Waals surface area (Å²) in [6.07, 6.45) is 12.2. The number of pyridine rings is 2. The maximum Gasteiger partial charge on any atom is 0.286 e. The third-order valence-corrected chi connectivity index (χ3v) is 10.4. The molecular weight excluding hydrogens is 853 g/mol. The Morgan fingerprint density at radius 3 is 1.16 bits per heavy atom. The molecule has 0 amide bonds. The molecule has 0 aromatic carbocycles. The molecule has 0 aliphatic rings. The molecule has 8 heterocycles. The Kier molecular flexibility index (Phi) is 25.1. The molecule has 8 aromatic rings. The molecule has 0 spiro atoms. The van der Waals surface area contributed by atoms with E-state index in [1.54, 1.807) is 12.7 Å². The van der Waals surface area contributed by atoms with Crippen LogP contribution in [0.25, 0.3) is 45.7 Å². The molecule has 18 nitrogen and oxygen atoms in total. The molecule has 0 aliphatic carbocycles. The molecule has 0 saturated heterocycles. The van der Waals surface area contributed by atoms with Crippen LogP contribution in [0.1, 0.15) is 101 Å². The highest BCUT2D eigenvalue weighted by Crippen LogP contribution is 2.20. The highest BCUT2D eigenvalue weighted by Gasteiger charge is 2.24. The second-order valence-corrected chi connectivity index (χ2v) is 14.6. The summed E-state index contributed by atoms with van der Waals surface area (Å²) < 4.78 is 15.7. The summed E-state index contributed by atoms with van der Waals surface area (Å²) in [4.78, 5) is 24.9. The summed E-state index contributed by atoms with van der Waals surface area (Å²) in [5.74, 6) is 8.13. The Hall–Kier alpha value is -6.98. The van der Waals surface area contributed by atoms with Crippen LogP contribution in [-0.4, -0.2) is 69.0 Å². The standard InChI is InChI=1S/2C11H15N4.2C10H14N5.4C2H6/c1-8-7-12-6-5-10(8)11-14(3)9(2)13-15(11)4;1-8-10(6-5-7-12-8)11-14(3)9(2)13-15(11)4;1-7-9(5-11-6-12-7)10-14(3)8(2)13-15(10)4;1-7-5-11-6-12-9(7)10-14(3)8(2)13-15(10)4;4*1-2/h2*5-7H,1-4H3;2*5-6H,1-4H3;4*1-2H3/q4*+1;;;;. The Labute approximate surface area is 406 Å². The fourth-order valence-corrected chi connectivity index (χ4v) is 6.87. The monoisotopic (exact) mass is 935 g/mol. The molecule has 0 fully saturated rings. The lowest BCUT2D eigenvalue weighted by Crippen LogP contribution is -2.33. The molecule has 0 unspecified atom stereocenters. The fraction of sp³-hybridized carbons (Fsp3) is 0.480. The van der Waals surface area contributed by atoms with Crippen LogP contribution in [0.5, 0.6) is 0 Å². The first-order valence-electron chi connectivity index (χ1n) is 23.4. The van der Waals surface area contributed by atoms with E-state index in [0.717, 1.165) is 85.9 Å². The fourth-order valence-electron chi connectivity index (χ4n) is 6.87. The first kappa shape index (κ1) is 59.0. The summed E-state index contributed by atoms with van der Waals surface area (Å²) in [6, 6.07) is 6.04. The van der Waals surface area contributed by atoms with Gasteiger partial charge in [-0.2, -0.15) is 0 Å². The molecular formula is C50H82N18+4. The van der Waals surface area contributed by atoms with Gasteiger partial charge in [-0.05, 0) is 57.0 Å². The number of hydrogen-bond acceptors (Lipinski definition) is 10. The van der Waals surface area contributed by atoms with Crippen LogP contribution < -0.4 is 18.3 Å². The van der Waals surface area contributed by atoms with Crippen molar-refractivity contribution in [2.45, 2.75) is 111 Å². The zero-order valence-corrected chi connectivity index (χ0v) is 45.8. The summed E-state index contributed by atoms with van der Waals surface area (Å²) >= 11 is 0. The van der Waals surface area contributed by atoms with Gasteiger partial charge >= 0.3 is 0 Å². The van der Waals surface area contributed by atoms with E-state index in [9.17, 15) is 0 Å². The molecule has 0 radical (unpaired) electrons. The van der Waals surface area contributed by atoms with Gasteiger partial charge in [-0.25, -0.2) is 38.2 Å². The number of aryl methyl sites for hydroxylation is 12. The molecule has 8 rings (SSSR count). The summed E-state index contributed by atoms with van der Waals surface area (Å²) in [5, 5.41) is 17.5. The van der Waals surface area contributed by atoms with E-state index in [0.29, 0.717) is 0 Å². The second-order valence-electron chi connectivity index (χ2n) is 14.6. The lowest BCUT2D eigenvalue weighted by Gasteiger charge is -2.01. The van der Waals surface area contributed by atoms with Gasteiger partial charge in [0, 0.05) is 79.1 Å². The van der Waals surface area contributed by atoms with E-state index < -0.39 is 0 Å². The van der Waals surface area contributed by atoms with Crippen molar-refractivity contribution >= 4 is 0 Å². The van der Waals surface area contributed by atoms with Crippen molar-refractivity contribution in [2.75, 3.05) is 0 Å². The molecule has 368 valence electrons. The highest BCUT2D eigenvalue weighted by atomic mass is 15.4. The maximum absolute atomic E-state index is 4.39. The zero-order valence-electron chi connectivity index (χ0n) is 45.8. The van der Waals surface area contributed by atoms with E-state index in [-0.39, 0.29) is 0 Å². The second kappa shape index (κ2) is 28.9. The van der Waals surface area contributed by atoms with Crippen LogP contribution in [0.3, 0.4) is 0 Å². The molecule has 0 saturated carbocycles. The number of hydrogen-bond donors (Lipinski definition) is 0. The third-order valence-electron chi connectivity index (χ3n) is 10.4. The van der Waals surface area contributed by atoms with Crippen LogP contribution in [0.2, 0.25) is 0 Å². The number of nitrogens with zero attached hydrogens (tertiary/aromatic N) is 18. The van der Waals surface area contributed by atoms with Crippen molar-refractivity contribution in [1.82, 2.24) is 69.0 Å². The van der Waals surface area contributed by atoms with E-state index in [1.165, 1.54) is 5.56 Å². The Morgan fingerprint density at radius 1 is 0.382 bits per heavy atom. The van der Waals surface area contributed by atoms with Crippen LogP contribution >= 0.6 is 0 Å². The maximum atomic E-state index is 4.39. The van der Waals surface area contributed by atoms with Crippen LogP contribution in [0, 0.1) is 55.4 Å². The van der Waals surface area contributed by atoms with E-state index in [1.807, 2.05) is 231 Å². The van der Waals surface area contributed by atoms with Gasteiger partial charge in [-0.1, -0.05) is 55.4 Å². The molecule has 0 bridgehead atoms. The Morgan fingerprint density at radius 2 is 0.765 bits per heavy atom. The zero-order chi connectivity index (χ0) is 52.0. The van der Waals surface area contributed by atoms with Gasteiger partial charge in [-0.3, -0.25) is 9.97 Å². The van der Waals surface area contributed by atoms with Crippen molar-refractivity contribution in [3.05, 3.63) is 108 Å². The predicted octanol–water partition coefficient (Wildman–Crippen LogP) is 6.59. The molecule has 18 heteroatoms. The first-order valence-corrected chi connectivity index (χ1v) is 23.4. The van der Waals surface area contributed by atoms with E-state index >= 15 is 0 Å². The first-order chi connectivity index (χ1) is 32.4. The number of rotatable bonds is 4. The minimum absolute atomic E-state index is 0.926. The molecule has 68 heavy (non-hydrogen) atoms. The third kappa shape index (κ3) is 14.5. The van der Waals surface area contributed by atoms with E-state index in [4.69, 9.17) is 0 Å². The average molecular weight is 935 g/mol. The van der Waals surface area contributed by atoms with Gasteiger partial charge in [0.2, 0.25) is 0 Å². The van der Waals surface area contributed by atoms with Crippen molar-refractivity contribution in [3.8, 4) is 45.7 Å². The summed E-state index contributed by atoms with van der Waals surface area (Å²) in [5.41, 5.74) is 8.45. The van der Waals surface area contributed by atoms with Gasteiger partial charge in [0.1, 0.15) is 18.3 Å². The lowest BCUT2D eigenvalue weighted by molar-refractivity contribution is -0.667. The normalized spacial score (nSPS) is 9.76. The highest BCUT2D eigenvalue weighted by molar-refractivity contribution is 5.57. The van der Waals surface area contributed by atoms with Gasteiger partial charge in [0.05, 0.1) is 84.5 Å². The quantitative estimate of drug-likeness (QED) is 0.176. The van der Waals surface area contributed by atoms with Gasteiger partial charge in [0.15, 0.2) is 0 Å². The smallest absolute Gasteiger partial charge is 0.264 e.